The van der Waals surface area contributed by atoms with E-state index in [0.29, 0.717) is 22.7 Å². The molecule has 0 unspecified atom stereocenters. The van der Waals surface area contributed by atoms with Crippen molar-refractivity contribution in [2.75, 3.05) is 30.9 Å². The number of aliphatic hydroxyl groups is 1. The van der Waals surface area contributed by atoms with Gasteiger partial charge in [-0.1, -0.05) is 54.1 Å². The monoisotopic (exact) mass is 525 g/mol. The summed E-state index contributed by atoms with van der Waals surface area (Å²) in [7, 11) is 0. The number of anilines is 1. The zero-order valence-corrected chi connectivity index (χ0v) is 21.4. The van der Waals surface area contributed by atoms with Gasteiger partial charge in [0.2, 0.25) is 0 Å². The van der Waals surface area contributed by atoms with Gasteiger partial charge in [-0.05, 0) is 37.3 Å². The molecule has 196 valence electrons. The molecule has 3 aromatic rings. The standard InChI is InChI=1S/C28H31NO7S/c1-20-11-13-21(14-12-20)29-28(32)36-27(23-9-5-6-10-24(23)33-18-16-30)25(15-17-34-26(31)19-37)35-22-7-3-2-4-8-22/h2-14,25,27,30,37H,15-19H2,1H3,(H,29,32)/t25-,27-/m0/s1. The van der Waals surface area contributed by atoms with E-state index >= 15 is 0 Å². The summed E-state index contributed by atoms with van der Waals surface area (Å²) in [5, 5.41) is 12.0. The number of para-hydroxylation sites is 2. The minimum absolute atomic E-state index is 0.0238. The van der Waals surface area contributed by atoms with Crippen LogP contribution < -0.4 is 14.8 Å². The van der Waals surface area contributed by atoms with Gasteiger partial charge in [0.05, 0.1) is 19.0 Å². The maximum Gasteiger partial charge on any atom is 0.412 e. The fraction of sp³-hybridized carbons (Fsp3) is 0.286. The number of amides is 1. The summed E-state index contributed by atoms with van der Waals surface area (Å²) in [5.74, 6) is 0.456. The summed E-state index contributed by atoms with van der Waals surface area (Å²) in [6.07, 6.45) is -2.18. The van der Waals surface area contributed by atoms with Gasteiger partial charge in [0.15, 0.2) is 6.10 Å². The number of ether oxygens (including phenoxy) is 4. The molecule has 0 heterocycles. The molecule has 3 rings (SSSR count). The number of carbonyl (C=O) groups is 2. The Bertz CT molecular complexity index is 1120. The number of benzene rings is 3. The normalized spacial score (nSPS) is 12.2. The molecule has 9 heteroatoms. The highest BCUT2D eigenvalue weighted by molar-refractivity contribution is 7.81. The van der Waals surface area contributed by atoms with Crippen molar-refractivity contribution in [2.24, 2.45) is 0 Å². The Morgan fingerprint density at radius 3 is 2.35 bits per heavy atom. The zero-order valence-electron chi connectivity index (χ0n) is 20.5. The number of carbonyl (C=O) groups excluding carboxylic acids is 2. The molecule has 0 saturated carbocycles. The third-order valence-electron chi connectivity index (χ3n) is 5.27. The number of thiol groups is 1. The van der Waals surface area contributed by atoms with Crippen LogP contribution in [0.4, 0.5) is 10.5 Å². The lowest BCUT2D eigenvalue weighted by atomic mass is 10.0. The first-order valence-electron chi connectivity index (χ1n) is 11.8. The summed E-state index contributed by atoms with van der Waals surface area (Å²) in [4.78, 5) is 24.7. The Morgan fingerprint density at radius 2 is 1.65 bits per heavy atom. The fourth-order valence-electron chi connectivity index (χ4n) is 3.52. The SMILES string of the molecule is Cc1ccc(NC(=O)O[C@@H](c2ccccc2OCCO)[C@H](CCOC(=O)CS)Oc2ccccc2)cc1. The van der Waals surface area contributed by atoms with Crippen LogP contribution >= 0.6 is 12.6 Å². The van der Waals surface area contributed by atoms with Crippen LogP contribution in [0.3, 0.4) is 0 Å². The topological polar surface area (TPSA) is 103 Å². The molecule has 0 saturated heterocycles. The molecule has 0 fully saturated rings. The molecule has 0 aromatic heterocycles. The zero-order chi connectivity index (χ0) is 26.5. The Balaban J connectivity index is 1.93. The fourth-order valence-corrected chi connectivity index (χ4v) is 3.61. The largest absolute Gasteiger partial charge is 0.491 e. The first-order valence-corrected chi connectivity index (χ1v) is 12.5. The van der Waals surface area contributed by atoms with Gasteiger partial charge >= 0.3 is 12.1 Å². The summed E-state index contributed by atoms with van der Waals surface area (Å²) in [6, 6.07) is 23.4. The van der Waals surface area contributed by atoms with Crippen LogP contribution in [0.2, 0.25) is 0 Å². The molecule has 3 aromatic carbocycles. The molecule has 8 nitrogen and oxygen atoms in total. The molecule has 0 aliphatic carbocycles. The average molecular weight is 526 g/mol. The minimum Gasteiger partial charge on any atom is -0.491 e. The van der Waals surface area contributed by atoms with Crippen LogP contribution in [0.15, 0.2) is 78.9 Å². The van der Waals surface area contributed by atoms with E-state index in [1.165, 1.54) is 0 Å². The molecular weight excluding hydrogens is 494 g/mol. The van der Waals surface area contributed by atoms with Crippen LogP contribution in [-0.2, 0) is 14.3 Å². The second-order valence-corrected chi connectivity index (χ2v) is 8.38. The quantitative estimate of drug-likeness (QED) is 0.214. The van der Waals surface area contributed by atoms with Gasteiger partial charge in [0.1, 0.15) is 24.2 Å². The molecule has 0 aliphatic rings. The highest BCUT2D eigenvalue weighted by Gasteiger charge is 2.32. The Morgan fingerprint density at radius 1 is 0.946 bits per heavy atom. The van der Waals surface area contributed by atoms with Crippen molar-refractivity contribution in [3.05, 3.63) is 90.0 Å². The van der Waals surface area contributed by atoms with Crippen molar-refractivity contribution < 1.29 is 33.6 Å². The number of hydrogen-bond acceptors (Lipinski definition) is 8. The van der Waals surface area contributed by atoms with Gasteiger partial charge in [-0.2, -0.15) is 12.6 Å². The molecule has 2 atom stereocenters. The molecule has 1 amide bonds. The molecule has 0 bridgehead atoms. The van der Waals surface area contributed by atoms with E-state index in [-0.39, 0.29) is 32.0 Å². The smallest absolute Gasteiger partial charge is 0.412 e. The van der Waals surface area contributed by atoms with E-state index in [9.17, 15) is 14.7 Å². The summed E-state index contributed by atoms with van der Waals surface area (Å²) in [6.45, 7) is 1.85. The lowest BCUT2D eigenvalue weighted by molar-refractivity contribution is -0.141. The van der Waals surface area contributed by atoms with Crippen molar-refractivity contribution in [2.45, 2.75) is 25.6 Å². The van der Waals surface area contributed by atoms with Crippen molar-refractivity contribution in [1.82, 2.24) is 0 Å². The second kappa shape index (κ2) is 14.8. The lowest BCUT2D eigenvalue weighted by Crippen LogP contribution is -2.32. The van der Waals surface area contributed by atoms with Gasteiger partial charge in [0.25, 0.3) is 0 Å². The van der Waals surface area contributed by atoms with Crippen LogP contribution in [0, 0.1) is 6.92 Å². The van der Waals surface area contributed by atoms with Crippen LogP contribution in [-0.4, -0.2) is 48.8 Å². The first-order chi connectivity index (χ1) is 18.0. The van der Waals surface area contributed by atoms with E-state index in [0.717, 1.165) is 5.56 Å². The van der Waals surface area contributed by atoms with Crippen molar-refractivity contribution in [3.8, 4) is 11.5 Å². The third kappa shape index (κ3) is 9.04. The minimum atomic E-state index is -0.949. The van der Waals surface area contributed by atoms with Gasteiger partial charge in [-0.25, -0.2) is 4.79 Å². The van der Waals surface area contributed by atoms with Crippen molar-refractivity contribution >= 4 is 30.4 Å². The molecular formula is C28H31NO7S. The lowest BCUT2D eigenvalue weighted by Gasteiger charge is -2.29. The van der Waals surface area contributed by atoms with Crippen LogP contribution in [0.5, 0.6) is 11.5 Å². The first kappa shape index (κ1) is 27.9. The number of hydrogen-bond donors (Lipinski definition) is 3. The Hall–Kier alpha value is -3.69. The van der Waals surface area contributed by atoms with Crippen LogP contribution in [0.1, 0.15) is 23.7 Å². The van der Waals surface area contributed by atoms with E-state index in [2.05, 4.69) is 17.9 Å². The van der Waals surface area contributed by atoms with Gasteiger partial charge < -0.3 is 24.1 Å². The number of nitrogens with one attached hydrogen (secondary N) is 1. The van der Waals surface area contributed by atoms with Gasteiger partial charge in [-0.3, -0.25) is 10.1 Å². The predicted molar refractivity (Wildman–Crippen MR) is 143 cm³/mol. The molecule has 0 radical (unpaired) electrons. The Kier molecular flexibility index (Phi) is 11.1. The molecule has 37 heavy (non-hydrogen) atoms. The predicted octanol–water partition coefficient (Wildman–Crippen LogP) is 4.97. The average Bonchev–Trinajstić information content (AvgIpc) is 2.92. The molecule has 0 spiro atoms. The van der Waals surface area contributed by atoms with Gasteiger partial charge in [-0.15, -0.1) is 0 Å². The van der Waals surface area contributed by atoms with E-state index in [1.54, 1.807) is 48.5 Å². The Labute approximate surface area is 221 Å². The van der Waals surface area contributed by atoms with Crippen molar-refractivity contribution in [3.63, 3.8) is 0 Å². The second-order valence-electron chi connectivity index (χ2n) is 8.06. The number of rotatable bonds is 13. The summed E-state index contributed by atoms with van der Waals surface area (Å²) >= 11 is 3.94. The number of esters is 1. The maximum absolute atomic E-state index is 13.0. The van der Waals surface area contributed by atoms with Crippen LogP contribution in [0.25, 0.3) is 0 Å². The number of aliphatic hydroxyl groups excluding tert-OH is 1. The van der Waals surface area contributed by atoms with E-state index in [1.807, 2.05) is 37.3 Å². The van der Waals surface area contributed by atoms with Gasteiger partial charge in [0, 0.05) is 17.7 Å². The highest BCUT2D eigenvalue weighted by atomic mass is 32.1. The van der Waals surface area contributed by atoms with Crippen molar-refractivity contribution in [1.29, 1.82) is 0 Å². The summed E-state index contributed by atoms with van der Waals surface area (Å²) < 4.78 is 23.2. The molecule has 0 aliphatic heterocycles. The van der Waals surface area contributed by atoms with E-state index < -0.39 is 24.3 Å². The number of aryl methyl sites for hydroxylation is 1. The van der Waals surface area contributed by atoms with E-state index in [4.69, 9.17) is 18.9 Å². The third-order valence-corrected chi connectivity index (χ3v) is 5.53. The summed E-state index contributed by atoms with van der Waals surface area (Å²) in [5.41, 5.74) is 2.16. The highest BCUT2D eigenvalue weighted by Crippen LogP contribution is 2.34. The maximum atomic E-state index is 13.0. The molecule has 2 N–H and O–H groups in total.